The lowest BCUT2D eigenvalue weighted by Gasteiger charge is -2.36. The summed E-state index contributed by atoms with van der Waals surface area (Å²) < 4.78 is 5.48. The Morgan fingerprint density at radius 2 is 1.51 bits per heavy atom. The monoisotopic (exact) mass is 517 g/mol. The topological polar surface area (TPSA) is 87.7 Å². The number of nitrogens with one attached hydrogen (secondary N) is 2. The Hall–Kier alpha value is -2.57. The van der Waals surface area contributed by atoms with Crippen LogP contribution >= 0.6 is 0 Å². The van der Waals surface area contributed by atoms with Gasteiger partial charge in [-0.3, -0.25) is 9.59 Å². The molecule has 0 spiro atoms. The molecule has 0 heterocycles. The van der Waals surface area contributed by atoms with Gasteiger partial charge in [-0.1, -0.05) is 75.8 Å². The van der Waals surface area contributed by atoms with E-state index in [1.807, 2.05) is 53.7 Å². The number of hydrogen-bond acceptors (Lipinski definition) is 4. The third-order valence-electron chi connectivity index (χ3n) is 6.24. The molecule has 1 aromatic carbocycles. The predicted octanol–water partition coefficient (Wildman–Crippen LogP) is 6.22. The first-order chi connectivity index (χ1) is 17.2. The van der Waals surface area contributed by atoms with E-state index in [1.165, 1.54) is 0 Å². The molecule has 0 bridgehead atoms. The summed E-state index contributed by atoms with van der Waals surface area (Å²) >= 11 is 0. The Kier molecular flexibility index (Phi) is 13.2. The molecule has 1 rings (SSSR count). The molecule has 1 aromatic rings. The van der Waals surface area contributed by atoms with Gasteiger partial charge in [0.25, 0.3) is 0 Å². The molecule has 3 unspecified atom stereocenters. The molecule has 0 aliphatic carbocycles. The van der Waals surface area contributed by atoms with E-state index >= 15 is 0 Å². The van der Waals surface area contributed by atoms with E-state index < -0.39 is 23.8 Å². The Bertz CT molecular complexity index is 871. The maximum atomic E-state index is 14.3. The number of amides is 3. The molecule has 0 aromatic heterocycles. The summed E-state index contributed by atoms with van der Waals surface area (Å²) in [6, 6.07) is 4.31. The number of carbonyl (C=O) groups is 3. The first-order valence-corrected chi connectivity index (χ1v) is 13.9. The SMILES string of the molecule is CCCCCCN(C(=O)C(NC(=O)OC(C)(C)C)C(C)CC)C(C(=O)NC(C)C)c1cc(C)cc(C)c1. The second-order valence-electron chi connectivity index (χ2n) is 11.6. The van der Waals surface area contributed by atoms with Crippen molar-refractivity contribution in [2.24, 2.45) is 5.92 Å². The lowest BCUT2D eigenvalue weighted by molar-refractivity contribution is -0.143. The first-order valence-electron chi connectivity index (χ1n) is 13.9. The van der Waals surface area contributed by atoms with E-state index in [4.69, 9.17) is 4.74 Å². The third-order valence-corrected chi connectivity index (χ3v) is 6.24. The molecule has 210 valence electrons. The van der Waals surface area contributed by atoms with Crippen LogP contribution in [-0.2, 0) is 14.3 Å². The van der Waals surface area contributed by atoms with Gasteiger partial charge in [-0.25, -0.2) is 4.79 Å². The largest absolute Gasteiger partial charge is 0.444 e. The molecule has 0 saturated carbocycles. The van der Waals surface area contributed by atoms with Gasteiger partial charge in [0.2, 0.25) is 11.8 Å². The fraction of sp³-hybridized carbons (Fsp3) is 0.700. The van der Waals surface area contributed by atoms with E-state index in [-0.39, 0.29) is 23.8 Å². The molecule has 7 heteroatoms. The lowest BCUT2D eigenvalue weighted by Crippen LogP contribution is -2.55. The normalized spacial score (nSPS) is 14.0. The highest BCUT2D eigenvalue weighted by atomic mass is 16.6. The van der Waals surface area contributed by atoms with E-state index in [0.717, 1.165) is 42.4 Å². The molecular formula is C30H51N3O4. The van der Waals surface area contributed by atoms with Crippen molar-refractivity contribution in [3.8, 4) is 0 Å². The summed E-state index contributed by atoms with van der Waals surface area (Å²) in [6.45, 7) is 19.7. The standard InChI is InChI=1S/C30H51N3O4/c1-11-13-14-15-16-33(28(35)25(23(7)12-2)32-29(36)37-30(8,9)10)26(27(34)31-20(3)4)24-18-21(5)17-22(6)19-24/h17-20,23,25-26H,11-16H2,1-10H3,(H,31,34)(H,32,36). The molecule has 2 N–H and O–H groups in total. The van der Waals surface area contributed by atoms with E-state index in [2.05, 4.69) is 23.6 Å². The Labute approximate surface area is 225 Å². The van der Waals surface area contributed by atoms with Crippen molar-refractivity contribution in [1.29, 1.82) is 0 Å². The molecule has 0 aliphatic heterocycles. The number of unbranched alkanes of at least 4 members (excludes halogenated alkanes) is 3. The van der Waals surface area contributed by atoms with Crippen LogP contribution in [0.15, 0.2) is 18.2 Å². The summed E-state index contributed by atoms with van der Waals surface area (Å²) in [5.41, 5.74) is 2.15. The molecule has 37 heavy (non-hydrogen) atoms. The van der Waals surface area contributed by atoms with Gasteiger partial charge in [0.1, 0.15) is 17.7 Å². The zero-order valence-corrected chi connectivity index (χ0v) is 24.9. The van der Waals surface area contributed by atoms with E-state index in [1.54, 1.807) is 25.7 Å². The molecular weight excluding hydrogens is 466 g/mol. The van der Waals surface area contributed by atoms with Gasteiger partial charge in [-0.05, 0) is 66.4 Å². The van der Waals surface area contributed by atoms with Crippen molar-refractivity contribution >= 4 is 17.9 Å². The average molecular weight is 518 g/mol. The van der Waals surface area contributed by atoms with Gasteiger partial charge >= 0.3 is 6.09 Å². The van der Waals surface area contributed by atoms with Crippen LogP contribution in [0.3, 0.4) is 0 Å². The first kappa shape index (κ1) is 32.5. The summed E-state index contributed by atoms with van der Waals surface area (Å²) in [5, 5.41) is 5.86. The van der Waals surface area contributed by atoms with E-state index in [0.29, 0.717) is 13.0 Å². The van der Waals surface area contributed by atoms with Gasteiger partial charge in [0.15, 0.2) is 0 Å². The lowest BCUT2D eigenvalue weighted by atomic mass is 9.94. The van der Waals surface area contributed by atoms with Gasteiger partial charge < -0.3 is 20.3 Å². The van der Waals surface area contributed by atoms with Crippen LogP contribution in [0.4, 0.5) is 4.79 Å². The minimum atomic E-state index is -0.814. The highest BCUT2D eigenvalue weighted by Gasteiger charge is 2.38. The number of ether oxygens (including phenoxy) is 1. The number of rotatable bonds is 13. The van der Waals surface area contributed by atoms with Crippen molar-refractivity contribution < 1.29 is 19.1 Å². The van der Waals surface area contributed by atoms with E-state index in [9.17, 15) is 14.4 Å². The number of carbonyl (C=O) groups excluding carboxylic acids is 3. The van der Waals surface area contributed by atoms with Gasteiger partial charge in [-0.2, -0.15) is 0 Å². The van der Waals surface area contributed by atoms with Gasteiger partial charge in [-0.15, -0.1) is 0 Å². The Balaban J connectivity index is 3.57. The highest BCUT2D eigenvalue weighted by Crippen LogP contribution is 2.27. The van der Waals surface area contributed by atoms with Crippen LogP contribution in [0, 0.1) is 19.8 Å². The van der Waals surface area contributed by atoms with Crippen molar-refractivity contribution in [2.75, 3.05) is 6.54 Å². The molecule has 3 atom stereocenters. The number of nitrogens with zero attached hydrogens (tertiary/aromatic N) is 1. The second-order valence-corrected chi connectivity index (χ2v) is 11.6. The van der Waals surface area contributed by atoms with Crippen LogP contribution in [0.25, 0.3) is 0 Å². The van der Waals surface area contributed by atoms with Gasteiger partial charge in [0, 0.05) is 12.6 Å². The fourth-order valence-corrected chi connectivity index (χ4v) is 4.38. The minimum Gasteiger partial charge on any atom is -0.444 e. The second kappa shape index (κ2) is 15.0. The molecule has 0 radical (unpaired) electrons. The van der Waals surface area contributed by atoms with Crippen molar-refractivity contribution in [3.63, 3.8) is 0 Å². The maximum absolute atomic E-state index is 14.3. The van der Waals surface area contributed by atoms with Crippen LogP contribution < -0.4 is 10.6 Å². The molecule has 0 aliphatic rings. The van der Waals surface area contributed by atoms with Crippen molar-refractivity contribution in [3.05, 3.63) is 34.9 Å². The number of aryl methyl sites for hydroxylation is 2. The zero-order valence-electron chi connectivity index (χ0n) is 24.9. The summed E-state index contributed by atoms with van der Waals surface area (Å²) in [7, 11) is 0. The van der Waals surface area contributed by atoms with Crippen LogP contribution in [0.5, 0.6) is 0 Å². The zero-order chi connectivity index (χ0) is 28.3. The van der Waals surface area contributed by atoms with Crippen molar-refractivity contribution in [2.45, 2.75) is 125 Å². The minimum absolute atomic E-state index is 0.0804. The number of benzene rings is 1. The smallest absolute Gasteiger partial charge is 0.408 e. The predicted molar refractivity (Wildman–Crippen MR) is 150 cm³/mol. The Morgan fingerprint density at radius 3 is 2.00 bits per heavy atom. The maximum Gasteiger partial charge on any atom is 0.408 e. The Morgan fingerprint density at radius 1 is 0.919 bits per heavy atom. The summed E-state index contributed by atoms with van der Waals surface area (Å²) in [6.07, 6.45) is 3.90. The van der Waals surface area contributed by atoms with Crippen LogP contribution in [0.1, 0.15) is 110 Å². The summed E-state index contributed by atoms with van der Waals surface area (Å²) in [4.78, 5) is 42.3. The third kappa shape index (κ3) is 11.1. The highest BCUT2D eigenvalue weighted by molar-refractivity contribution is 5.92. The average Bonchev–Trinajstić information content (AvgIpc) is 2.76. The molecule has 3 amide bonds. The molecule has 0 saturated heterocycles. The van der Waals surface area contributed by atoms with Crippen LogP contribution in [-0.4, -0.2) is 47.0 Å². The number of alkyl carbamates (subject to hydrolysis) is 1. The van der Waals surface area contributed by atoms with Crippen LogP contribution in [0.2, 0.25) is 0 Å². The quantitative estimate of drug-likeness (QED) is 0.304. The van der Waals surface area contributed by atoms with Gasteiger partial charge in [0.05, 0.1) is 0 Å². The number of hydrogen-bond donors (Lipinski definition) is 2. The van der Waals surface area contributed by atoms with Crippen molar-refractivity contribution in [1.82, 2.24) is 15.5 Å². The summed E-state index contributed by atoms with van der Waals surface area (Å²) in [5.74, 6) is -0.630. The molecule has 0 fully saturated rings. The fourth-order valence-electron chi connectivity index (χ4n) is 4.38. The molecule has 7 nitrogen and oxygen atoms in total.